The van der Waals surface area contributed by atoms with Crippen LogP contribution in [-0.2, 0) is 10.2 Å². The number of hydrogen-bond donors (Lipinski definition) is 3. The molecule has 0 unspecified atom stereocenters. The summed E-state index contributed by atoms with van der Waals surface area (Å²) in [6, 6.07) is 10.9. The zero-order chi connectivity index (χ0) is 25.5. The molecule has 0 spiro atoms. The van der Waals surface area contributed by atoms with Crippen LogP contribution in [0.3, 0.4) is 0 Å². The van der Waals surface area contributed by atoms with Crippen molar-refractivity contribution in [3.63, 3.8) is 0 Å². The molecule has 184 valence electrons. The highest BCUT2D eigenvalue weighted by Crippen LogP contribution is 2.31. The Bertz CT molecular complexity index is 1050. The van der Waals surface area contributed by atoms with E-state index >= 15 is 0 Å². The predicted octanol–water partition coefficient (Wildman–Crippen LogP) is 5.26. The average Bonchev–Trinajstić information content (AvgIpc) is 2.75. The van der Waals surface area contributed by atoms with Gasteiger partial charge in [-0.1, -0.05) is 56.6 Å². The van der Waals surface area contributed by atoms with E-state index in [2.05, 4.69) is 68.8 Å². The molecule has 0 aliphatic heterocycles. The second kappa shape index (κ2) is 12.5. The van der Waals surface area contributed by atoms with Crippen LogP contribution in [0.1, 0.15) is 50.5 Å². The zero-order valence-corrected chi connectivity index (χ0v) is 23.7. The molecule has 2 aromatic carbocycles. The number of halogens is 2. The van der Waals surface area contributed by atoms with Gasteiger partial charge in [0.1, 0.15) is 11.5 Å². The van der Waals surface area contributed by atoms with Crippen LogP contribution in [0.25, 0.3) is 0 Å². The summed E-state index contributed by atoms with van der Waals surface area (Å²) >= 11 is 12.0. The first kappa shape index (κ1) is 28.1. The van der Waals surface area contributed by atoms with Gasteiger partial charge in [-0.2, -0.15) is 0 Å². The largest absolute Gasteiger partial charge is 0.492 e. The molecule has 10 heteroatoms. The smallest absolute Gasteiger partial charge is 0.276 e. The lowest BCUT2D eigenvalue weighted by molar-refractivity contribution is -0.123. The van der Waals surface area contributed by atoms with Gasteiger partial charge in [0.15, 0.2) is 11.7 Å². The van der Waals surface area contributed by atoms with E-state index in [4.69, 9.17) is 21.7 Å². The monoisotopic (exact) mass is 613 g/mol. The third kappa shape index (κ3) is 8.88. The first-order chi connectivity index (χ1) is 15.9. The molecular weight excluding hydrogens is 586 g/mol. The standard InChI is InChI=1S/C24H29Br2N3O4S/c1-14(2)12-32-19-9-7-16(25)11-17(19)22(31)27-23(34)29-28-21(30)13-33-20-8-6-15(10-18(20)26)24(3,4)5/h6-11,14H,12-13H2,1-5H3,(H,28,30)(H2,27,29,31,34). The Balaban J connectivity index is 1.87. The van der Waals surface area contributed by atoms with Crippen molar-refractivity contribution in [2.75, 3.05) is 13.2 Å². The molecule has 0 aliphatic carbocycles. The summed E-state index contributed by atoms with van der Waals surface area (Å²) in [5.41, 5.74) is 6.37. The van der Waals surface area contributed by atoms with E-state index in [0.717, 1.165) is 14.5 Å². The summed E-state index contributed by atoms with van der Waals surface area (Å²) in [5, 5.41) is 2.46. The van der Waals surface area contributed by atoms with Crippen molar-refractivity contribution in [3.8, 4) is 11.5 Å². The van der Waals surface area contributed by atoms with Gasteiger partial charge in [-0.15, -0.1) is 0 Å². The fourth-order valence-corrected chi connectivity index (χ4v) is 3.65. The van der Waals surface area contributed by atoms with Crippen molar-refractivity contribution in [3.05, 3.63) is 56.5 Å². The summed E-state index contributed by atoms with van der Waals surface area (Å²) in [4.78, 5) is 24.8. The Morgan fingerprint density at radius 2 is 1.68 bits per heavy atom. The summed E-state index contributed by atoms with van der Waals surface area (Å²) in [7, 11) is 0. The van der Waals surface area contributed by atoms with Crippen molar-refractivity contribution < 1.29 is 19.1 Å². The fraction of sp³-hybridized carbons (Fsp3) is 0.375. The maximum Gasteiger partial charge on any atom is 0.276 e. The normalized spacial score (nSPS) is 11.1. The lowest BCUT2D eigenvalue weighted by Crippen LogP contribution is -2.49. The van der Waals surface area contributed by atoms with E-state index in [1.807, 2.05) is 32.0 Å². The number of amides is 2. The molecule has 34 heavy (non-hydrogen) atoms. The van der Waals surface area contributed by atoms with Gasteiger partial charge in [0.2, 0.25) is 0 Å². The lowest BCUT2D eigenvalue weighted by atomic mass is 9.87. The molecule has 0 saturated heterocycles. The summed E-state index contributed by atoms with van der Waals surface area (Å²) in [6.45, 7) is 10.6. The first-order valence-corrected chi connectivity index (χ1v) is 12.6. The molecule has 0 heterocycles. The van der Waals surface area contributed by atoms with E-state index in [1.165, 1.54) is 0 Å². The molecule has 0 aromatic heterocycles. The van der Waals surface area contributed by atoms with E-state index in [9.17, 15) is 9.59 Å². The van der Waals surface area contributed by atoms with E-state index < -0.39 is 11.8 Å². The minimum absolute atomic E-state index is 0.000378. The van der Waals surface area contributed by atoms with E-state index in [1.54, 1.807) is 18.2 Å². The van der Waals surface area contributed by atoms with Crippen LogP contribution in [0.15, 0.2) is 45.3 Å². The topological polar surface area (TPSA) is 88.7 Å². The van der Waals surface area contributed by atoms with Crippen LogP contribution in [0.4, 0.5) is 0 Å². The second-order valence-corrected chi connectivity index (χ2v) is 11.2. The molecule has 2 rings (SSSR count). The van der Waals surface area contributed by atoms with Crippen LogP contribution < -0.4 is 25.6 Å². The molecular formula is C24H29Br2N3O4S. The molecule has 0 fully saturated rings. The van der Waals surface area contributed by atoms with E-state index in [-0.39, 0.29) is 17.1 Å². The lowest BCUT2D eigenvalue weighted by Gasteiger charge is -2.20. The van der Waals surface area contributed by atoms with Crippen LogP contribution in [0.5, 0.6) is 11.5 Å². The number of thiocarbonyl (C=S) groups is 1. The average molecular weight is 615 g/mol. The van der Waals surface area contributed by atoms with Gasteiger partial charge in [0.25, 0.3) is 11.8 Å². The number of rotatable bonds is 7. The number of hydrazine groups is 1. The summed E-state index contributed by atoms with van der Waals surface area (Å²) in [6.07, 6.45) is 0. The maximum atomic E-state index is 12.7. The zero-order valence-electron chi connectivity index (χ0n) is 19.8. The minimum Gasteiger partial charge on any atom is -0.492 e. The van der Waals surface area contributed by atoms with Crippen LogP contribution >= 0.6 is 44.1 Å². The number of nitrogens with one attached hydrogen (secondary N) is 3. The van der Waals surface area contributed by atoms with Crippen molar-refractivity contribution in [2.24, 2.45) is 5.92 Å². The Labute approximate surface area is 222 Å². The number of ether oxygens (including phenoxy) is 2. The SMILES string of the molecule is CC(C)COc1ccc(Br)cc1C(=O)NC(=S)NNC(=O)COc1ccc(C(C)(C)C)cc1Br. The summed E-state index contributed by atoms with van der Waals surface area (Å²) in [5.74, 6) is 0.356. The molecule has 0 saturated carbocycles. The highest BCUT2D eigenvalue weighted by atomic mass is 79.9. The molecule has 0 atom stereocenters. The Morgan fingerprint density at radius 1 is 1.00 bits per heavy atom. The second-order valence-electron chi connectivity index (χ2n) is 8.99. The molecule has 0 aliphatic rings. The first-order valence-electron chi connectivity index (χ1n) is 10.6. The fourth-order valence-electron chi connectivity index (χ4n) is 2.65. The highest BCUT2D eigenvalue weighted by Gasteiger charge is 2.17. The van der Waals surface area contributed by atoms with Crippen LogP contribution in [-0.4, -0.2) is 30.1 Å². The van der Waals surface area contributed by atoms with Gasteiger partial charge in [0, 0.05) is 4.47 Å². The van der Waals surface area contributed by atoms with Crippen molar-refractivity contribution >= 4 is 61.0 Å². The van der Waals surface area contributed by atoms with Crippen LogP contribution in [0, 0.1) is 5.92 Å². The molecule has 0 radical (unpaired) electrons. The Morgan fingerprint density at radius 3 is 2.29 bits per heavy atom. The van der Waals surface area contributed by atoms with Gasteiger partial charge >= 0.3 is 0 Å². The maximum absolute atomic E-state index is 12.7. The quantitative estimate of drug-likeness (QED) is 0.291. The molecule has 7 nitrogen and oxygen atoms in total. The molecule has 0 bridgehead atoms. The van der Waals surface area contributed by atoms with Gasteiger partial charge in [0.05, 0.1) is 16.6 Å². The van der Waals surface area contributed by atoms with Crippen molar-refractivity contribution in [1.29, 1.82) is 0 Å². The van der Waals surface area contributed by atoms with Crippen LogP contribution in [0.2, 0.25) is 0 Å². The number of benzene rings is 2. The highest BCUT2D eigenvalue weighted by molar-refractivity contribution is 9.10. The molecule has 2 amide bonds. The summed E-state index contributed by atoms with van der Waals surface area (Å²) < 4.78 is 12.8. The molecule has 2 aromatic rings. The number of carbonyl (C=O) groups excluding carboxylic acids is 2. The van der Waals surface area contributed by atoms with E-state index in [0.29, 0.717) is 29.6 Å². The van der Waals surface area contributed by atoms with Gasteiger partial charge in [-0.3, -0.25) is 25.8 Å². The van der Waals surface area contributed by atoms with Gasteiger partial charge in [-0.25, -0.2) is 0 Å². The third-order valence-electron chi connectivity index (χ3n) is 4.46. The van der Waals surface area contributed by atoms with Crippen molar-refractivity contribution in [1.82, 2.24) is 16.2 Å². The van der Waals surface area contributed by atoms with Gasteiger partial charge in [-0.05, 0) is 75.4 Å². The van der Waals surface area contributed by atoms with Gasteiger partial charge < -0.3 is 9.47 Å². The number of hydrogen-bond acceptors (Lipinski definition) is 5. The molecule has 3 N–H and O–H groups in total. The Hall–Kier alpha value is -2.17. The predicted molar refractivity (Wildman–Crippen MR) is 144 cm³/mol. The number of carbonyl (C=O) groups is 2. The van der Waals surface area contributed by atoms with Crippen molar-refractivity contribution in [2.45, 2.75) is 40.0 Å². The Kier molecular flexibility index (Phi) is 10.3. The minimum atomic E-state index is -0.467. The third-order valence-corrected chi connectivity index (χ3v) is 5.77.